The Hall–Kier alpha value is -2.89. The lowest BCUT2D eigenvalue weighted by Gasteiger charge is -2.72. The minimum absolute atomic E-state index is 0.00669. The lowest BCUT2D eigenvalue weighted by atomic mass is 9.33. The molecule has 0 heterocycles. The van der Waals surface area contributed by atoms with Crippen LogP contribution in [0.3, 0.4) is 0 Å². The first-order chi connectivity index (χ1) is 21.5. The number of aromatic carboxylic acids is 1. The molecule has 46 heavy (non-hydrogen) atoms. The zero-order chi connectivity index (χ0) is 33.9. The summed E-state index contributed by atoms with van der Waals surface area (Å²) >= 11 is 0. The standard InChI is InChI=1S/C37H52N2O4.C3H6/c1-33(2)25(23-10-12-24(13-11-23)32(42)43)16-19-34(3)28(33)17-20-36(5)29(34)15-14-26-27-9-8-18-37(27,22-21-35(26,36)4)38-30(40)31(41)39(6)7;1-3-2/h10-13,16,26-29H,8-9,14-15,17-22H2,1-7H3,(H,38,40)(H,42,43);3H,1H2,2H3/t26?,27?,28?,29?,34?,35-,36?,37?;/m1./s1. The summed E-state index contributed by atoms with van der Waals surface area (Å²) in [5.74, 6) is 0.437. The molecule has 1 aromatic carbocycles. The van der Waals surface area contributed by atoms with Crippen LogP contribution in [0.5, 0.6) is 0 Å². The number of hydrogen-bond donors (Lipinski definition) is 2. The van der Waals surface area contributed by atoms with Crippen LogP contribution in [0, 0.1) is 45.3 Å². The zero-order valence-corrected chi connectivity index (χ0v) is 29.7. The van der Waals surface area contributed by atoms with Gasteiger partial charge < -0.3 is 15.3 Å². The smallest absolute Gasteiger partial charge is 0.335 e. The van der Waals surface area contributed by atoms with Crippen molar-refractivity contribution in [2.75, 3.05) is 14.1 Å². The highest BCUT2D eigenvalue weighted by Crippen LogP contribution is 2.76. The van der Waals surface area contributed by atoms with Gasteiger partial charge in [0.2, 0.25) is 0 Å². The van der Waals surface area contributed by atoms with Gasteiger partial charge in [-0.25, -0.2) is 4.79 Å². The molecule has 2 amide bonds. The van der Waals surface area contributed by atoms with Gasteiger partial charge >= 0.3 is 17.8 Å². The Morgan fingerprint density at radius 3 is 2.13 bits per heavy atom. The molecule has 0 spiro atoms. The minimum Gasteiger partial charge on any atom is -0.478 e. The highest BCUT2D eigenvalue weighted by atomic mass is 16.4. The van der Waals surface area contributed by atoms with E-state index in [9.17, 15) is 19.5 Å². The Morgan fingerprint density at radius 1 is 0.870 bits per heavy atom. The van der Waals surface area contributed by atoms with Gasteiger partial charge in [-0.1, -0.05) is 65.3 Å². The highest BCUT2D eigenvalue weighted by Gasteiger charge is 2.69. The predicted molar refractivity (Wildman–Crippen MR) is 185 cm³/mol. The van der Waals surface area contributed by atoms with E-state index < -0.39 is 17.8 Å². The third kappa shape index (κ3) is 5.08. The molecule has 2 N–H and O–H groups in total. The molecule has 0 radical (unpaired) electrons. The van der Waals surface area contributed by atoms with E-state index in [0.29, 0.717) is 29.2 Å². The maximum Gasteiger partial charge on any atom is 0.335 e. The van der Waals surface area contributed by atoms with E-state index in [0.717, 1.165) is 44.1 Å². The summed E-state index contributed by atoms with van der Waals surface area (Å²) in [6, 6.07) is 7.49. The third-order valence-electron chi connectivity index (χ3n) is 14.3. The van der Waals surface area contributed by atoms with Gasteiger partial charge in [0.1, 0.15) is 0 Å². The first kappa shape index (κ1) is 34.4. The molecule has 6 rings (SSSR count). The maximum absolute atomic E-state index is 13.0. The molecule has 7 unspecified atom stereocenters. The summed E-state index contributed by atoms with van der Waals surface area (Å²) in [6.45, 7) is 17.9. The first-order valence-electron chi connectivity index (χ1n) is 17.7. The second kappa shape index (κ2) is 12.0. The van der Waals surface area contributed by atoms with E-state index >= 15 is 0 Å². The van der Waals surface area contributed by atoms with Crippen molar-refractivity contribution in [1.82, 2.24) is 10.2 Å². The van der Waals surface area contributed by atoms with Crippen molar-refractivity contribution < 1.29 is 19.5 Å². The molecule has 1 aromatic rings. The molecule has 8 atom stereocenters. The van der Waals surface area contributed by atoms with E-state index in [1.807, 2.05) is 19.1 Å². The Balaban J connectivity index is 0.00000134. The van der Waals surface area contributed by atoms with E-state index in [1.54, 1.807) is 32.3 Å². The fraction of sp³-hybridized carbons (Fsp3) is 0.675. The fourth-order valence-corrected chi connectivity index (χ4v) is 12.2. The monoisotopic (exact) mass is 630 g/mol. The van der Waals surface area contributed by atoms with E-state index in [-0.39, 0.29) is 27.2 Å². The highest BCUT2D eigenvalue weighted by molar-refractivity contribution is 6.35. The number of benzene rings is 1. The average Bonchev–Trinajstić information content (AvgIpc) is 3.41. The average molecular weight is 631 g/mol. The lowest BCUT2D eigenvalue weighted by Crippen LogP contribution is -2.68. The number of amides is 2. The zero-order valence-electron chi connectivity index (χ0n) is 29.7. The summed E-state index contributed by atoms with van der Waals surface area (Å²) in [5, 5.41) is 12.7. The van der Waals surface area contributed by atoms with E-state index in [2.05, 4.69) is 52.6 Å². The van der Waals surface area contributed by atoms with E-state index in [1.165, 1.54) is 36.2 Å². The number of rotatable bonds is 3. The predicted octanol–water partition coefficient (Wildman–Crippen LogP) is 8.38. The molecule has 0 aromatic heterocycles. The summed E-state index contributed by atoms with van der Waals surface area (Å²) in [6.07, 6.45) is 15.5. The molecule has 5 aliphatic rings. The van der Waals surface area contributed by atoms with Gasteiger partial charge in [0.15, 0.2) is 0 Å². The quantitative estimate of drug-likeness (QED) is 0.259. The van der Waals surface area contributed by atoms with Crippen LogP contribution >= 0.6 is 0 Å². The van der Waals surface area contributed by atoms with Crippen LogP contribution < -0.4 is 5.32 Å². The van der Waals surface area contributed by atoms with Crippen molar-refractivity contribution in [3.63, 3.8) is 0 Å². The molecular weight excluding hydrogens is 572 g/mol. The second-order valence-electron chi connectivity index (χ2n) is 16.8. The Kier molecular flexibility index (Phi) is 8.96. The number of allylic oxidation sites excluding steroid dienone is 3. The topological polar surface area (TPSA) is 86.7 Å². The molecule has 4 saturated carbocycles. The number of likely N-dealkylation sites (N-methyl/N-ethyl adjacent to an activating group) is 1. The number of fused-ring (bicyclic) bond motifs is 7. The van der Waals surface area contributed by atoms with Crippen LogP contribution in [0.2, 0.25) is 0 Å². The van der Waals surface area contributed by atoms with Crippen LogP contribution in [0.4, 0.5) is 0 Å². The number of carboxylic acid groups (broad SMARTS) is 1. The van der Waals surface area contributed by atoms with Crippen LogP contribution in [0.1, 0.15) is 122 Å². The van der Waals surface area contributed by atoms with Crippen molar-refractivity contribution in [2.45, 2.75) is 111 Å². The molecule has 252 valence electrons. The summed E-state index contributed by atoms with van der Waals surface area (Å²) in [5.41, 5.74) is 3.25. The molecule has 5 aliphatic carbocycles. The van der Waals surface area contributed by atoms with Crippen LogP contribution in [-0.4, -0.2) is 47.4 Å². The molecule has 4 fully saturated rings. The van der Waals surface area contributed by atoms with Crippen molar-refractivity contribution in [1.29, 1.82) is 0 Å². The van der Waals surface area contributed by atoms with Crippen LogP contribution in [0.25, 0.3) is 5.57 Å². The van der Waals surface area contributed by atoms with Crippen molar-refractivity contribution in [3.8, 4) is 0 Å². The normalized spacial score (nSPS) is 38.7. The molecule has 6 nitrogen and oxygen atoms in total. The van der Waals surface area contributed by atoms with Crippen molar-refractivity contribution in [3.05, 3.63) is 54.1 Å². The number of hydrogen-bond acceptors (Lipinski definition) is 3. The molecule has 0 saturated heterocycles. The van der Waals surface area contributed by atoms with Crippen molar-refractivity contribution >= 4 is 23.4 Å². The van der Waals surface area contributed by atoms with Crippen LogP contribution in [0.15, 0.2) is 43.0 Å². The Bertz CT molecular complexity index is 1410. The van der Waals surface area contributed by atoms with Gasteiger partial charge in [0, 0.05) is 19.6 Å². The van der Waals surface area contributed by atoms with Gasteiger partial charge in [-0.2, -0.15) is 0 Å². The lowest BCUT2D eigenvalue weighted by molar-refractivity contribution is -0.217. The Labute approximate surface area is 277 Å². The number of carboxylic acids is 1. The first-order valence-corrected chi connectivity index (χ1v) is 17.7. The summed E-state index contributed by atoms with van der Waals surface area (Å²) < 4.78 is 0. The Morgan fingerprint density at radius 2 is 1.52 bits per heavy atom. The van der Waals surface area contributed by atoms with Gasteiger partial charge in [0.05, 0.1) is 5.56 Å². The second-order valence-corrected chi connectivity index (χ2v) is 16.8. The third-order valence-corrected chi connectivity index (χ3v) is 14.3. The summed E-state index contributed by atoms with van der Waals surface area (Å²) in [7, 11) is 3.31. The number of carbonyl (C=O) groups excluding carboxylic acids is 2. The van der Waals surface area contributed by atoms with Gasteiger partial charge in [0.25, 0.3) is 0 Å². The van der Waals surface area contributed by atoms with Gasteiger partial charge in [-0.05, 0) is 133 Å². The number of nitrogens with one attached hydrogen (secondary N) is 1. The van der Waals surface area contributed by atoms with Crippen molar-refractivity contribution in [2.24, 2.45) is 45.3 Å². The maximum atomic E-state index is 13.0. The number of nitrogens with zero attached hydrogens (tertiary/aromatic N) is 1. The van der Waals surface area contributed by atoms with Crippen LogP contribution in [-0.2, 0) is 9.59 Å². The molecular formula is C40H58N2O4. The largest absolute Gasteiger partial charge is 0.478 e. The van der Waals surface area contributed by atoms with E-state index in [4.69, 9.17) is 0 Å². The molecule has 6 heteroatoms. The molecule has 0 bridgehead atoms. The van der Waals surface area contributed by atoms with Gasteiger partial charge in [-0.15, -0.1) is 6.58 Å². The SMILES string of the molecule is C=CC.CN(C)C(=O)C(=O)NC12CCCC1C1CCC3C4(C)CC=C(c5ccc(C(=O)O)cc5)C(C)(C)C4CCC3(C)[C@]1(C)CC2. The van der Waals surface area contributed by atoms with Gasteiger partial charge in [-0.3, -0.25) is 9.59 Å². The molecule has 0 aliphatic heterocycles. The summed E-state index contributed by atoms with van der Waals surface area (Å²) in [4.78, 5) is 38.4. The fourth-order valence-electron chi connectivity index (χ4n) is 12.2. The number of carbonyl (C=O) groups is 3. The minimum atomic E-state index is -0.881.